The quantitative estimate of drug-likeness (QED) is 0.567. The number of β-amino-alcohol motifs (C(OH)–C–C–N with tert-alkyl or cyclic N) is 1. The lowest BCUT2D eigenvalue weighted by molar-refractivity contribution is -0.118. The SMILES string of the molecule is CC(C)(Cc1ccc(F)cc1F)NC[C@H](O)c1cc(O)cc2c1OCC(=O)N2.Cl. The van der Waals surface area contributed by atoms with Crippen LogP contribution in [0.25, 0.3) is 0 Å². The molecule has 2 aromatic carbocycles. The summed E-state index contributed by atoms with van der Waals surface area (Å²) in [5.74, 6) is -1.43. The molecule has 0 bridgehead atoms. The van der Waals surface area contributed by atoms with Gasteiger partial charge in [0.25, 0.3) is 5.91 Å². The minimum Gasteiger partial charge on any atom is -0.508 e. The van der Waals surface area contributed by atoms with Crippen molar-refractivity contribution in [3.63, 3.8) is 0 Å². The van der Waals surface area contributed by atoms with Crippen LogP contribution in [0.5, 0.6) is 11.5 Å². The average molecular weight is 429 g/mol. The lowest BCUT2D eigenvalue weighted by atomic mass is 9.94. The number of amides is 1. The number of phenols is 1. The molecule has 4 N–H and O–H groups in total. The molecule has 0 radical (unpaired) electrons. The number of rotatable bonds is 6. The second-order valence-corrected chi connectivity index (χ2v) is 7.44. The number of anilines is 1. The molecule has 29 heavy (non-hydrogen) atoms. The number of nitrogens with one attached hydrogen (secondary N) is 2. The van der Waals surface area contributed by atoms with E-state index in [-0.39, 0.29) is 49.3 Å². The number of carbonyl (C=O) groups is 1. The molecule has 2 aromatic rings. The van der Waals surface area contributed by atoms with Gasteiger partial charge in [0.15, 0.2) is 6.61 Å². The minimum atomic E-state index is -1.05. The van der Waals surface area contributed by atoms with Crippen LogP contribution >= 0.6 is 12.4 Å². The van der Waals surface area contributed by atoms with Gasteiger partial charge >= 0.3 is 0 Å². The average Bonchev–Trinajstić information content (AvgIpc) is 2.61. The van der Waals surface area contributed by atoms with Gasteiger partial charge in [0.1, 0.15) is 23.1 Å². The van der Waals surface area contributed by atoms with Crippen LogP contribution in [-0.4, -0.2) is 34.8 Å². The van der Waals surface area contributed by atoms with Crippen molar-refractivity contribution in [2.24, 2.45) is 0 Å². The number of hydrogen-bond donors (Lipinski definition) is 4. The second kappa shape index (κ2) is 8.94. The number of phenolic OH excluding ortho intramolecular Hbond substituents is 1. The number of aliphatic hydroxyl groups is 1. The fourth-order valence-corrected chi connectivity index (χ4v) is 3.15. The highest BCUT2D eigenvalue weighted by Gasteiger charge is 2.26. The molecule has 0 saturated heterocycles. The maximum atomic E-state index is 13.9. The summed E-state index contributed by atoms with van der Waals surface area (Å²) in [6, 6.07) is 6.15. The number of carbonyl (C=O) groups excluding carboxylic acids is 1. The second-order valence-electron chi connectivity index (χ2n) is 7.44. The van der Waals surface area contributed by atoms with E-state index < -0.39 is 23.3 Å². The predicted octanol–water partition coefficient (Wildman–Crippen LogP) is 3.07. The van der Waals surface area contributed by atoms with Crippen molar-refractivity contribution >= 4 is 24.0 Å². The first-order valence-electron chi connectivity index (χ1n) is 8.81. The Morgan fingerprint density at radius 1 is 1.28 bits per heavy atom. The van der Waals surface area contributed by atoms with E-state index in [9.17, 15) is 23.8 Å². The highest BCUT2D eigenvalue weighted by atomic mass is 35.5. The fourth-order valence-electron chi connectivity index (χ4n) is 3.15. The minimum absolute atomic E-state index is 0. The third-order valence-electron chi connectivity index (χ3n) is 4.50. The van der Waals surface area contributed by atoms with Crippen LogP contribution < -0.4 is 15.4 Å². The molecular formula is C20H23ClF2N2O4. The number of hydrogen-bond acceptors (Lipinski definition) is 5. The lowest BCUT2D eigenvalue weighted by Gasteiger charge is -2.29. The number of ether oxygens (including phenoxy) is 1. The summed E-state index contributed by atoms with van der Waals surface area (Å²) in [5, 5.41) is 26.2. The van der Waals surface area contributed by atoms with E-state index in [2.05, 4.69) is 10.6 Å². The van der Waals surface area contributed by atoms with Crippen LogP contribution in [0.4, 0.5) is 14.5 Å². The summed E-state index contributed by atoms with van der Waals surface area (Å²) < 4.78 is 32.4. The Bertz CT molecular complexity index is 908. The van der Waals surface area contributed by atoms with Crippen LogP contribution in [0, 0.1) is 11.6 Å². The predicted molar refractivity (Wildman–Crippen MR) is 107 cm³/mol. The van der Waals surface area contributed by atoms with Crippen molar-refractivity contribution < 1.29 is 28.5 Å². The third kappa shape index (κ3) is 5.56. The van der Waals surface area contributed by atoms with E-state index >= 15 is 0 Å². The van der Waals surface area contributed by atoms with Crippen molar-refractivity contribution in [3.05, 3.63) is 53.1 Å². The van der Waals surface area contributed by atoms with Gasteiger partial charge in [-0.05, 0) is 38.0 Å². The highest BCUT2D eigenvalue weighted by Crippen LogP contribution is 2.38. The molecule has 9 heteroatoms. The number of aliphatic hydroxyl groups excluding tert-OH is 1. The lowest BCUT2D eigenvalue weighted by Crippen LogP contribution is -2.43. The number of fused-ring (bicyclic) bond motifs is 1. The molecular weight excluding hydrogens is 406 g/mol. The summed E-state index contributed by atoms with van der Waals surface area (Å²) in [5.41, 5.74) is 0.365. The summed E-state index contributed by atoms with van der Waals surface area (Å²) in [6.07, 6.45) is -0.774. The van der Waals surface area contributed by atoms with Gasteiger partial charge in [-0.25, -0.2) is 8.78 Å². The Morgan fingerprint density at radius 2 is 2.00 bits per heavy atom. The van der Waals surface area contributed by atoms with Crippen molar-refractivity contribution in [1.82, 2.24) is 5.32 Å². The summed E-state index contributed by atoms with van der Waals surface area (Å²) in [6.45, 7) is 3.57. The van der Waals surface area contributed by atoms with Crippen LogP contribution in [0.1, 0.15) is 31.1 Å². The zero-order valence-corrected chi connectivity index (χ0v) is 16.8. The molecule has 0 spiro atoms. The molecule has 3 rings (SSSR count). The number of aromatic hydroxyl groups is 1. The van der Waals surface area contributed by atoms with Gasteiger partial charge in [-0.1, -0.05) is 6.07 Å². The molecule has 1 aliphatic heterocycles. The fraction of sp³-hybridized carbons (Fsp3) is 0.350. The highest BCUT2D eigenvalue weighted by molar-refractivity contribution is 5.96. The standard InChI is InChI=1S/C20H22F2N2O4.ClH/c1-20(2,8-11-3-4-12(21)5-15(11)22)23-9-17(26)14-6-13(25)7-16-19(14)28-10-18(27)24-16;/h3-7,17,23,25-26H,8-10H2,1-2H3,(H,24,27);1H/t17-;/m0./s1. The van der Waals surface area contributed by atoms with E-state index in [1.54, 1.807) is 0 Å². The Morgan fingerprint density at radius 3 is 2.69 bits per heavy atom. The largest absolute Gasteiger partial charge is 0.508 e. The van der Waals surface area contributed by atoms with E-state index in [0.29, 0.717) is 16.9 Å². The van der Waals surface area contributed by atoms with Crippen LogP contribution in [0.15, 0.2) is 30.3 Å². The van der Waals surface area contributed by atoms with Gasteiger partial charge in [-0.2, -0.15) is 0 Å². The van der Waals surface area contributed by atoms with Gasteiger partial charge in [-0.15, -0.1) is 12.4 Å². The van der Waals surface area contributed by atoms with E-state index in [0.717, 1.165) is 6.07 Å². The maximum absolute atomic E-state index is 13.9. The Kier molecular flexibility index (Phi) is 7.05. The molecule has 6 nitrogen and oxygen atoms in total. The van der Waals surface area contributed by atoms with E-state index in [1.165, 1.54) is 24.3 Å². The van der Waals surface area contributed by atoms with Gasteiger partial charge in [-0.3, -0.25) is 4.79 Å². The molecule has 1 aliphatic rings. The normalized spacial score (nSPS) is 14.3. The van der Waals surface area contributed by atoms with Gasteiger partial charge in [0.05, 0.1) is 11.8 Å². The third-order valence-corrected chi connectivity index (χ3v) is 4.50. The van der Waals surface area contributed by atoms with Crippen molar-refractivity contribution in [3.8, 4) is 11.5 Å². The number of benzene rings is 2. The monoisotopic (exact) mass is 428 g/mol. The smallest absolute Gasteiger partial charge is 0.262 e. The summed E-state index contributed by atoms with van der Waals surface area (Å²) >= 11 is 0. The summed E-state index contributed by atoms with van der Waals surface area (Å²) in [7, 11) is 0. The van der Waals surface area contributed by atoms with Crippen LogP contribution in [0.2, 0.25) is 0 Å². The first-order chi connectivity index (χ1) is 13.1. The van der Waals surface area contributed by atoms with Crippen molar-refractivity contribution in [2.45, 2.75) is 31.9 Å². The molecule has 158 valence electrons. The Hall–Kier alpha value is -2.42. The zero-order valence-electron chi connectivity index (χ0n) is 16.0. The van der Waals surface area contributed by atoms with Crippen molar-refractivity contribution in [2.75, 3.05) is 18.5 Å². The Balaban J connectivity index is 0.00000300. The molecule has 0 saturated carbocycles. The van der Waals surface area contributed by atoms with Crippen molar-refractivity contribution in [1.29, 1.82) is 0 Å². The van der Waals surface area contributed by atoms with E-state index in [1.807, 2.05) is 13.8 Å². The molecule has 0 aliphatic carbocycles. The van der Waals surface area contributed by atoms with Crippen LogP contribution in [0.3, 0.4) is 0 Å². The topological polar surface area (TPSA) is 90.8 Å². The molecule has 1 atom stereocenters. The van der Waals surface area contributed by atoms with E-state index in [4.69, 9.17) is 4.74 Å². The Labute approximate surface area is 173 Å². The molecule has 0 aromatic heterocycles. The summed E-state index contributed by atoms with van der Waals surface area (Å²) in [4.78, 5) is 11.5. The first kappa shape index (κ1) is 22.9. The molecule has 0 unspecified atom stereocenters. The maximum Gasteiger partial charge on any atom is 0.262 e. The molecule has 0 fully saturated rings. The molecule has 1 heterocycles. The molecule has 1 amide bonds. The van der Waals surface area contributed by atoms with Gasteiger partial charge < -0.3 is 25.6 Å². The van der Waals surface area contributed by atoms with Crippen LogP contribution in [-0.2, 0) is 11.2 Å². The van der Waals surface area contributed by atoms with Gasteiger partial charge in [0.2, 0.25) is 0 Å². The first-order valence-corrected chi connectivity index (χ1v) is 8.81. The zero-order chi connectivity index (χ0) is 20.5. The van der Waals surface area contributed by atoms with Gasteiger partial charge in [0, 0.05) is 29.8 Å². The number of halogens is 3.